The zero-order valence-electron chi connectivity index (χ0n) is 14.2. The molecule has 1 heterocycles. The predicted molar refractivity (Wildman–Crippen MR) is 94.2 cm³/mol. The van der Waals surface area contributed by atoms with Crippen molar-refractivity contribution >= 4 is 0 Å². The first-order chi connectivity index (χ1) is 11.6. The maximum Gasteiger partial charge on any atom is 0.118 e. The number of hydrogen-bond acceptors (Lipinski definition) is 3. The number of ether oxygens (including phenoxy) is 1. The second kappa shape index (κ2) is 6.89. The molecule has 0 spiro atoms. The van der Waals surface area contributed by atoms with Crippen LogP contribution in [0.3, 0.4) is 0 Å². The van der Waals surface area contributed by atoms with Crippen molar-refractivity contribution in [3.8, 4) is 5.75 Å². The average molecular weight is 322 g/mol. The maximum atomic E-state index is 11.1. The lowest BCUT2D eigenvalue weighted by atomic mass is 9.95. The molecule has 124 valence electrons. The second-order valence-corrected chi connectivity index (χ2v) is 5.95. The van der Waals surface area contributed by atoms with E-state index < -0.39 is 6.10 Å². The van der Waals surface area contributed by atoms with Gasteiger partial charge in [-0.15, -0.1) is 0 Å². The summed E-state index contributed by atoms with van der Waals surface area (Å²) in [6, 6.07) is 19.2. The van der Waals surface area contributed by atoms with Crippen molar-refractivity contribution in [1.29, 1.82) is 0 Å². The molecule has 0 saturated heterocycles. The van der Waals surface area contributed by atoms with E-state index in [0.29, 0.717) is 0 Å². The fraction of sp³-hybridized carbons (Fsp3) is 0.250. The minimum absolute atomic E-state index is 0.284. The molecule has 0 aliphatic heterocycles. The van der Waals surface area contributed by atoms with Gasteiger partial charge in [-0.05, 0) is 43.2 Å². The van der Waals surface area contributed by atoms with Crippen LogP contribution in [0.25, 0.3) is 0 Å². The van der Waals surface area contributed by atoms with Crippen LogP contribution < -0.4 is 4.74 Å². The SMILES string of the molecule is COc1ccc([C@@H](O)[C@H](c2ccccc2)n2nc(C)cc2C)cc1. The summed E-state index contributed by atoms with van der Waals surface area (Å²) < 4.78 is 7.10. The lowest BCUT2D eigenvalue weighted by Gasteiger charge is -2.25. The van der Waals surface area contributed by atoms with Gasteiger partial charge in [0.05, 0.1) is 12.8 Å². The van der Waals surface area contributed by atoms with Gasteiger partial charge >= 0.3 is 0 Å². The van der Waals surface area contributed by atoms with Gasteiger partial charge in [-0.1, -0.05) is 42.5 Å². The summed E-state index contributed by atoms with van der Waals surface area (Å²) >= 11 is 0. The summed E-state index contributed by atoms with van der Waals surface area (Å²) in [7, 11) is 1.63. The third-order valence-electron chi connectivity index (χ3n) is 4.21. The molecule has 4 heteroatoms. The van der Waals surface area contributed by atoms with Gasteiger partial charge in [0.25, 0.3) is 0 Å². The van der Waals surface area contributed by atoms with E-state index in [2.05, 4.69) is 5.10 Å². The molecule has 0 aliphatic rings. The van der Waals surface area contributed by atoms with E-state index in [-0.39, 0.29) is 6.04 Å². The zero-order valence-corrected chi connectivity index (χ0v) is 14.2. The summed E-state index contributed by atoms with van der Waals surface area (Å²) in [5.41, 5.74) is 3.81. The Morgan fingerprint density at radius 3 is 2.17 bits per heavy atom. The third-order valence-corrected chi connectivity index (χ3v) is 4.21. The quantitative estimate of drug-likeness (QED) is 0.776. The first-order valence-electron chi connectivity index (χ1n) is 8.00. The fourth-order valence-corrected chi connectivity index (χ4v) is 3.02. The number of aryl methyl sites for hydroxylation is 2. The normalized spacial score (nSPS) is 13.5. The standard InChI is InChI=1S/C20H22N2O2/c1-14-13-15(2)22(21-14)19(16-7-5-4-6-8-16)20(23)17-9-11-18(24-3)12-10-17/h4-13,19-20,23H,1-3H3/t19-,20+/m0/s1. The summed E-state index contributed by atoms with van der Waals surface area (Å²) in [6.07, 6.45) is -0.712. The Labute approximate surface area is 142 Å². The Morgan fingerprint density at radius 2 is 1.62 bits per heavy atom. The molecule has 4 nitrogen and oxygen atoms in total. The van der Waals surface area contributed by atoms with Crippen molar-refractivity contribution in [2.75, 3.05) is 7.11 Å². The largest absolute Gasteiger partial charge is 0.497 e. The molecule has 1 N–H and O–H groups in total. The molecular formula is C20H22N2O2. The van der Waals surface area contributed by atoms with Gasteiger partial charge in [0, 0.05) is 5.69 Å². The Hall–Kier alpha value is -2.59. The van der Waals surface area contributed by atoms with Crippen molar-refractivity contribution < 1.29 is 9.84 Å². The summed E-state index contributed by atoms with van der Waals surface area (Å²) in [5, 5.41) is 15.7. The lowest BCUT2D eigenvalue weighted by molar-refractivity contribution is 0.124. The molecule has 0 unspecified atom stereocenters. The molecule has 3 rings (SSSR count). The number of benzene rings is 2. The molecule has 1 aromatic heterocycles. The van der Waals surface area contributed by atoms with E-state index in [0.717, 1.165) is 28.3 Å². The molecule has 24 heavy (non-hydrogen) atoms. The van der Waals surface area contributed by atoms with Crippen LogP contribution in [0.1, 0.15) is 34.7 Å². The molecule has 2 atom stereocenters. The number of methoxy groups -OCH3 is 1. The number of rotatable bonds is 5. The number of aliphatic hydroxyl groups excluding tert-OH is 1. The minimum Gasteiger partial charge on any atom is -0.497 e. The van der Waals surface area contributed by atoms with Gasteiger partial charge in [-0.25, -0.2) is 0 Å². The molecule has 0 radical (unpaired) electrons. The van der Waals surface area contributed by atoms with Crippen LogP contribution in [-0.4, -0.2) is 22.0 Å². The Balaban J connectivity index is 2.05. The van der Waals surface area contributed by atoms with Crippen LogP contribution in [0.5, 0.6) is 5.75 Å². The first-order valence-corrected chi connectivity index (χ1v) is 8.00. The van der Waals surface area contributed by atoms with Crippen LogP contribution in [-0.2, 0) is 0 Å². The number of aliphatic hydroxyl groups is 1. The average Bonchev–Trinajstić information content (AvgIpc) is 2.94. The molecule has 0 fully saturated rings. The number of hydrogen-bond donors (Lipinski definition) is 1. The molecule has 2 aromatic carbocycles. The smallest absolute Gasteiger partial charge is 0.118 e. The van der Waals surface area contributed by atoms with E-state index in [1.54, 1.807) is 7.11 Å². The molecule has 3 aromatic rings. The molecular weight excluding hydrogens is 300 g/mol. The van der Waals surface area contributed by atoms with Crippen LogP contribution in [0.4, 0.5) is 0 Å². The third kappa shape index (κ3) is 3.19. The van der Waals surface area contributed by atoms with E-state index in [1.165, 1.54) is 0 Å². The van der Waals surface area contributed by atoms with Gasteiger partial charge in [0.15, 0.2) is 0 Å². The van der Waals surface area contributed by atoms with E-state index in [9.17, 15) is 5.11 Å². The van der Waals surface area contributed by atoms with Crippen molar-refractivity contribution in [1.82, 2.24) is 9.78 Å². The minimum atomic E-state index is -0.712. The lowest BCUT2D eigenvalue weighted by Crippen LogP contribution is -2.21. The maximum absolute atomic E-state index is 11.1. The highest BCUT2D eigenvalue weighted by Gasteiger charge is 2.26. The number of aromatic nitrogens is 2. The van der Waals surface area contributed by atoms with Crippen molar-refractivity contribution in [2.45, 2.75) is 26.0 Å². The van der Waals surface area contributed by atoms with Crippen LogP contribution in [0.15, 0.2) is 60.7 Å². The summed E-state index contributed by atoms with van der Waals surface area (Å²) in [4.78, 5) is 0. The highest BCUT2D eigenvalue weighted by Crippen LogP contribution is 2.33. The molecule has 0 saturated carbocycles. The van der Waals surface area contributed by atoms with Crippen LogP contribution in [0.2, 0.25) is 0 Å². The monoisotopic (exact) mass is 322 g/mol. The number of nitrogens with zero attached hydrogens (tertiary/aromatic N) is 2. The molecule has 0 aliphatic carbocycles. The van der Waals surface area contributed by atoms with Gasteiger partial charge < -0.3 is 9.84 Å². The van der Waals surface area contributed by atoms with Gasteiger partial charge in [-0.2, -0.15) is 5.10 Å². The Kier molecular flexibility index (Phi) is 4.67. The predicted octanol–water partition coefficient (Wildman–Crippen LogP) is 3.83. The zero-order chi connectivity index (χ0) is 17.1. The van der Waals surface area contributed by atoms with Crippen molar-refractivity contribution in [3.63, 3.8) is 0 Å². The second-order valence-electron chi connectivity index (χ2n) is 5.95. The topological polar surface area (TPSA) is 47.3 Å². The fourth-order valence-electron chi connectivity index (χ4n) is 3.02. The van der Waals surface area contributed by atoms with Crippen molar-refractivity contribution in [3.05, 3.63) is 83.2 Å². The first kappa shape index (κ1) is 16.3. The van der Waals surface area contributed by atoms with Gasteiger partial charge in [0.1, 0.15) is 17.9 Å². The highest BCUT2D eigenvalue weighted by atomic mass is 16.5. The van der Waals surface area contributed by atoms with Gasteiger partial charge in [-0.3, -0.25) is 4.68 Å². The highest BCUT2D eigenvalue weighted by molar-refractivity contribution is 5.32. The Morgan fingerprint density at radius 1 is 0.958 bits per heavy atom. The van der Waals surface area contributed by atoms with Crippen LogP contribution in [0, 0.1) is 13.8 Å². The van der Waals surface area contributed by atoms with Crippen molar-refractivity contribution in [2.24, 2.45) is 0 Å². The molecule has 0 amide bonds. The van der Waals surface area contributed by atoms with Crippen LogP contribution >= 0.6 is 0 Å². The summed E-state index contributed by atoms with van der Waals surface area (Å²) in [6.45, 7) is 3.97. The molecule has 0 bridgehead atoms. The van der Waals surface area contributed by atoms with E-state index >= 15 is 0 Å². The Bertz CT molecular complexity index is 794. The van der Waals surface area contributed by atoms with E-state index in [1.807, 2.05) is 79.2 Å². The van der Waals surface area contributed by atoms with Gasteiger partial charge in [0.2, 0.25) is 0 Å². The van der Waals surface area contributed by atoms with E-state index in [4.69, 9.17) is 4.74 Å². The summed E-state index contributed by atoms with van der Waals surface area (Å²) in [5.74, 6) is 0.772.